The Balaban J connectivity index is 1.57. The second kappa shape index (κ2) is 11.4. The summed E-state index contributed by atoms with van der Waals surface area (Å²) in [5.41, 5.74) is 1.73. The third-order valence-corrected chi connectivity index (χ3v) is 7.78. The summed E-state index contributed by atoms with van der Waals surface area (Å²) >= 11 is 3.35. The summed E-state index contributed by atoms with van der Waals surface area (Å²) in [4.78, 5) is 26.0. The van der Waals surface area contributed by atoms with E-state index in [1.807, 2.05) is 6.92 Å². The first-order chi connectivity index (χ1) is 17.7. The molecular weight excluding hydrogens is 558 g/mol. The highest BCUT2D eigenvalue weighted by Crippen LogP contribution is 2.26. The van der Waals surface area contributed by atoms with Crippen LogP contribution in [0.5, 0.6) is 0 Å². The topological polar surface area (TPSA) is 109 Å². The molecule has 2 amide bonds. The molecule has 190 valence electrons. The number of hydrogen-bond donors (Lipinski definition) is 2. The molecule has 10 heteroatoms. The van der Waals surface area contributed by atoms with Gasteiger partial charge in [-0.05, 0) is 67.6 Å². The number of nitrogens with zero attached hydrogens (tertiary/aromatic N) is 1. The minimum absolute atomic E-state index is 0.0616. The number of nitrogens with one attached hydrogen (secondary N) is 2. The molecule has 8 nitrogen and oxygen atoms in total. The van der Waals surface area contributed by atoms with Crippen molar-refractivity contribution in [2.45, 2.75) is 18.4 Å². The number of anilines is 2. The van der Waals surface area contributed by atoms with Crippen LogP contribution in [0.1, 0.15) is 21.7 Å². The Morgan fingerprint density at radius 2 is 1.62 bits per heavy atom. The number of sulfonamides is 1. The lowest BCUT2D eigenvalue weighted by molar-refractivity contribution is -0.114. The van der Waals surface area contributed by atoms with E-state index in [1.165, 1.54) is 18.4 Å². The van der Waals surface area contributed by atoms with Crippen LogP contribution in [0, 0.1) is 6.92 Å². The fraction of sp³-hybridized carbons (Fsp3) is 0.111. The summed E-state index contributed by atoms with van der Waals surface area (Å²) in [6, 6.07) is 23.0. The van der Waals surface area contributed by atoms with E-state index in [4.69, 9.17) is 4.42 Å². The van der Waals surface area contributed by atoms with Crippen LogP contribution < -0.4 is 14.9 Å². The average molecular weight is 582 g/mol. The van der Waals surface area contributed by atoms with Crippen LogP contribution in [0.25, 0.3) is 0 Å². The zero-order valence-electron chi connectivity index (χ0n) is 19.8. The third kappa shape index (κ3) is 6.46. The van der Waals surface area contributed by atoms with Crippen molar-refractivity contribution in [2.75, 3.05) is 16.2 Å². The lowest BCUT2D eigenvalue weighted by Crippen LogP contribution is -2.38. The first-order valence-corrected chi connectivity index (χ1v) is 13.5. The summed E-state index contributed by atoms with van der Waals surface area (Å²) in [5, 5.41) is 5.43. The number of carbonyl (C=O) groups excluding carboxylic acids is 2. The number of furan rings is 1. The van der Waals surface area contributed by atoms with E-state index in [-0.39, 0.29) is 22.7 Å². The number of amides is 2. The van der Waals surface area contributed by atoms with Gasteiger partial charge < -0.3 is 15.1 Å². The largest absolute Gasteiger partial charge is 0.467 e. The van der Waals surface area contributed by atoms with Gasteiger partial charge in [-0.2, -0.15) is 0 Å². The molecule has 37 heavy (non-hydrogen) atoms. The van der Waals surface area contributed by atoms with Crippen molar-refractivity contribution in [2.24, 2.45) is 0 Å². The second-order valence-electron chi connectivity index (χ2n) is 8.16. The van der Waals surface area contributed by atoms with E-state index in [2.05, 4.69) is 26.6 Å². The Bertz CT molecular complexity index is 1490. The molecule has 0 radical (unpaired) electrons. The highest BCUT2D eigenvalue weighted by molar-refractivity contribution is 9.10. The summed E-state index contributed by atoms with van der Waals surface area (Å²) in [5.74, 6) is -0.435. The predicted molar refractivity (Wildman–Crippen MR) is 145 cm³/mol. The minimum Gasteiger partial charge on any atom is -0.467 e. The van der Waals surface area contributed by atoms with Crippen LogP contribution in [-0.2, 0) is 21.4 Å². The van der Waals surface area contributed by atoms with Crippen LogP contribution in [0.15, 0.2) is 105 Å². The van der Waals surface area contributed by atoms with Gasteiger partial charge in [0, 0.05) is 4.47 Å². The maximum absolute atomic E-state index is 13.6. The molecule has 0 unspecified atom stereocenters. The van der Waals surface area contributed by atoms with Crippen molar-refractivity contribution >= 4 is 49.1 Å². The first-order valence-electron chi connectivity index (χ1n) is 11.3. The third-order valence-electron chi connectivity index (χ3n) is 5.46. The van der Waals surface area contributed by atoms with E-state index in [0.717, 1.165) is 14.3 Å². The van der Waals surface area contributed by atoms with Gasteiger partial charge in [-0.25, -0.2) is 8.42 Å². The molecule has 0 saturated heterocycles. The van der Waals surface area contributed by atoms with Crippen LogP contribution in [-0.4, -0.2) is 26.8 Å². The van der Waals surface area contributed by atoms with Gasteiger partial charge in [-0.3, -0.25) is 13.9 Å². The Kier molecular flexibility index (Phi) is 8.10. The predicted octanol–water partition coefficient (Wildman–Crippen LogP) is 5.11. The summed E-state index contributed by atoms with van der Waals surface area (Å²) in [7, 11) is -4.06. The molecule has 0 aliphatic rings. The van der Waals surface area contributed by atoms with Crippen LogP contribution in [0.2, 0.25) is 0 Å². The highest BCUT2D eigenvalue weighted by atomic mass is 79.9. The number of benzene rings is 3. The van der Waals surface area contributed by atoms with E-state index in [9.17, 15) is 18.0 Å². The Morgan fingerprint density at radius 3 is 2.30 bits per heavy atom. The van der Waals surface area contributed by atoms with Crippen molar-refractivity contribution in [1.29, 1.82) is 0 Å². The number of para-hydroxylation sites is 1. The fourth-order valence-corrected chi connectivity index (χ4v) is 5.23. The van der Waals surface area contributed by atoms with Crippen LogP contribution in [0.4, 0.5) is 11.4 Å². The van der Waals surface area contributed by atoms with Crippen molar-refractivity contribution in [3.05, 3.63) is 113 Å². The van der Waals surface area contributed by atoms with Crippen molar-refractivity contribution in [3.8, 4) is 0 Å². The summed E-state index contributed by atoms with van der Waals surface area (Å²) in [6.07, 6.45) is 1.51. The standard InChI is InChI=1S/C27H24BrN3O5S/c1-19-8-14-23(15-9-19)37(34,35)31(21-12-10-20(28)11-13-21)18-26(32)30-25-7-3-2-6-24(25)27(33)29-17-22-5-4-16-36-22/h2-16H,17-18H2,1H3,(H,29,33)(H,30,32). The minimum atomic E-state index is -4.06. The van der Waals surface area contributed by atoms with Gasteiger partial charge in [0.25, 0.3) is 15.9 Å². The zero-order chi connectivity index (χ0) is 26.4. The van der Waals surface area contributed by atoms with E-state index in [1.54, 1.807) is 72.8 Å². The Morgan fingerprint density at radius 1 is 0.919 bits per heavy atom. The molecule has 3 aromatic carbocycles. The van der Waals surface area contributed by atoms with Crippen molar-refractivity contribution < 1.29 is 22.4 Å². The summed E-state index contributed by atoms with van der Waals surface area (Å²) < 4.78 is 34.1. The highest BCUT2D eigenvalue weighted by Gasteiger charge is 2.27. The molecule has 1 heterocycles. The molecule has 0 fully saturated rings. The zero-order valence-corrected chi connectivity index (χ0v) is 22.3. The maximum Gasteiger partial charge on any atom is 0.264 e. The van der Waals surface area contributed by atoms with E-state index < -0.39 is 28.4 Å². The van der Waals surface area contributed by atoms with Gasteiger partial charge in [0.2, 0.25) is 5.91 Å². The molecule has 0 aliphatic carbocycles. The molecule has 0 bridgehead atoms. The Hall–Kier alpha value is -3.89. The molecule has 0 atom stereocenters. The molecular formula is C27H24BrN3O5S. The molecule has 0 saturated carbocycles. The number of rotatable bonds is 9. The van der Waals surface area contributed by atoms with Gasteiger partial charge in [0.1, 0.15) is 12.3 Å². The Labute approximate surface area is 223 Å². The van der Waals surface area contributed by atoms with Gasteiger partial charge in [-0.15, -0.1) is 0 Å². The van der Waals surface area contributed by atoms with Crippen LogP contribution >= 0.6 is 15.9 Å². The van der Waals surface area contributed by atoms with Gasteiger partial charge in [0.05, 0.1) is 34.6 Å². The quantitative estimate of drug-likeness (QED) is 0.285. The number of hydrogen-bond acceptors (Lipinski definition) is 5. The van der Waals surface area contributed by atoms with Gasteiger partial charge >= 0.3 is 0 Å². The monoisotopic (exact) mass is 581 g/mol. The molecule has 4 rings (SSSR count). The average Bonchev–Trinajstić information content (AvgIpc) is 3.41. The maximum atomic E-state index is 13.6. The smallest absolute Gasteiger partial charge is 0.264 e. The van der Waals surface area contributed by atoms with Gasteiger partial charge in [0.15, 0.2) is 0 Å². The molecule has 2 N–H and O–H groups in total. The fourth-order valence-electron chi connectivity index (χ4n) is 3.55. The molecule has 0 aliphatic heterocycles. The van der Waals surface area contributed by atoms with Gasteiger partial charge in [-0.1, -0.05) is 45.8 Å². The normalized spacial score (nSPS) is 11.1. The lowest BCUT2D eigenvalue weighted by atomic mass is 10.1. The lowest BCUT2D eigenvalue weighted by Gasteiger charge is -2.24. The number of halogens is 1. The molecule has 4 aromatic rings. The van der Waals surface area contributed by atoms with E-state index >= 15 is 0 Å². The van der Waals surface area contributed by atoms with E-state index in [0.29, 0.717) is 11.4 Å². The SMILES string of the molecule is Cc1ccc(S(=O)(=O)N(CC(=O)Nc2ccccc2C(=O)NCc2ccco2)c2ccc(Br)cc2)cc1. The van der Waals surface area contributed by atoms with Crippen molar-refractivity contribution in [1.82, 2.24) is 5.32 Å². The molecule has 1 aromatic heterocycles. The number of aryl methyl sites for hydroxylation is 1. The summed E-state index contributed by atoms with van der Waals surface area (Å²) in [6.45, 7) is 1.54. The second-order valence-corrected chi connectivity index (χ2v) is 10.9. The molecule has 0 spiro atoms. The van der Waals surface area contributed by atoms with Crippen molar-refractivity contribution in [3.63, 3.8) is 0 Å². The first kappa shape index (κ1) is 26.2. The van der Waals surface area contributed by atoms with Crippen LogP contribution in [0.3, 0.4) is 0 Å². The number of carbonyl (C=O) groups is 2.